The number of carbonyl (C=O) groups is 1. The molecular weight excluding hydrogens is 457 g/mol. The molecule has 0 saturated heterocycles. The van der Waals surface area contributed by atoms with Crippen molar-refractivity contribution in [1.29, 1.82) is 5.41 Å². The van der Waals surface area contributed by atoms with Crippen LogP contribution in [0.5, 0.6) is 11.5 Å². The number of hydrazone groups is 1. The molecule has 0 radical (unpaired) electrons. The molecule has 11 heteroatoms. The van der Waals surface area contributed by atoms with Crippen LogP contribution in [-0.4, -0.2) is 46.4 Å². The average Bonchev–Trinajstić information content (AvgIpc) is 3.21. The van der Waals surface area contributed by atoms with Crippen molar-refractivity contribution in [2.24, 2.45) is 10.1 Å². The fourth-order valence-corrected chi connectivity index (χ4v) is 3.72. The van der Waals surface area contributed by atoms with Crippen molar-refractivity contribution >= 4 is 39.8 Å². The monoisotopic (exact) mass is 474 g/mol. The molecule has 0 aliphatic carbocycles. The zero-order valence-corrected chi connectivity index (χ0v) is 18.0. The summed E-state index contributed by atoms with van der Waals surface area (Å²) in [7, 11) is 0. The average molecular weight is 474 g/mol. The molecule has 1 N–H and O–H groups in total. The summed E-state index contributed by atoms with van der Waals surface area (Å²) in [6, 6.07) is 14.3. The van der Waals surface area contributed by atoms with Crippen molar-refractivity contribution in [2.75, 3.05) is 13.2 Å². The van der Waals surface area contributed by atoms with Gasteiger partial charge in [-0.05, 0) is 54.1 Å². The van der Waals surface area contributed by atoms with E-state index in [9.17, 15) is 18.0 Å². The maximum Gasteiger partial charge on any atom is 0.441 e. The molecule has 1 amide bonds. The molecule has 0 spiro atoms. The highest BCUT2D eigenvalue weighted by Crippen LogP contribution is 2.35. The van der Waals surface area contributed by atoms with E-state index in [2.05, 4.69) is 10.1 Å². The SMILES string of the molecule is Cc1ccccc1OCCOc1ccc(/C=C2/C(=N)N3N=C(C(F)(F)F)SC3=NC2=O)cc1. The standard InChI is InChI=1S/C22H17F3N4O3S/c1-13-4-2-3-5-17(13)32-11-10-31-15-8-6-14(7-9-15)12-16-18(26)29-21(27-19(16)30)33-20(28-29)22(23,24)25/h2-9,12,26H,10-11H2,1H3/b16-12-,26-18?. The Morgan fingerprint density at radius 2 is 1.79 bits per heavy atom. The lowest BCUT2D eigenvalue weighted by atomic mass is 10.1. The van der Waals surface area contributed by atoms with Gasteiger partial charge >= 0.3 is 6.18 Å². The van der Waals surface area contributed by atoms with Gasteiger partial charge in [0.1, 0.15) is 24.7 Å². The third-order valence-corrected chi connectivity index (χ3v) is 5.54. The minimum Gasteiger partial charge on any atom is -0.490 e. The Hall–Kier alpha value is -3.60. The largest absolute Gasteiger partial charge is 0.490 e. The molecule has 0 unspecified atom stereocenters. The van der Waals surface area contributed by atoms with Crippen LogP contribution >= 0.6 is 11.8 Å². The van der Waals surface area contributed by atoms with Gasteiger partial charge in [0.2, 0.25) is 10.2 Å². The molecule has 2 heterocycles. The molecule has 33 heavy (non-hydrogen) atoms. The second-order valence-corrected chi connectivity index (χ2v) is 7.91. The van der Waals surface area contributed by atoms with Crippen LogP contribution in [0.1, 0.15) is 11.1 Å². The number of benzene rings is 2. The second-order valence-electron chi connectivity index (χ2n) is 6.95. The van der Waals surface area contributed by atoms with Gasteiger partial charge in [-0.25, -0.2) is 0 Å². The number of ether oxygens (including phenoxy) is 2. The summed E-state index contributed by atoms with van der Waals surface area (Å²) in [6.45, 7) is 2.63. The number of nitrogens with zero attached hydrogens (tertiary/aromatic N) is 3. The van der Waals surface area contributed by atoms with E-state index in [0.717, 1.165) is 11.3 Å². The van der Waals surface area contributed by atoms with E-state index >= 15 is 0 Å². The lowest BCUT2D eigenvalue weighted by Gasteiger charge is -2.20. The number of fused-ring (bicyclic) bond motifs is 1. The smallest absolute Gasteiger partial charge is 0.441 e. The van der Waals surface area contributed by atoms with E-state index in [1.54, 1.807) is 24.3 Å². The van der Waals surface area contributed by atoms with Crippen molar-refractivity contribution in [2.45, 2.75) is 13.1 Å². The molecule has 0 fully saturated rings. The van der Waals surface area contributed by atoms with Gasteiger partial charge in [0.15, 0.2) is 5.84 Å². The zero-order valence-electron chi connectivity index (χ0n) is 17.2. The van der Waals surface area contributed by atoms with E-state index in [4.69, 9.17) is 14.9 Å². The predicted octanol–water partition coefficient (Wildman–Crippen LogP) is 4.63. The molecule has 2 aromatic carbocycles. The van der Waals surface area contributed by atoms with Crippen molar-refractivity contribution in [1.82, 2.24) is 5.01 Å². The topological polar surface area (TPSA) is 87.3 Å². The van der Waals surface area contributed by atoms with Crippen LogP contribution in [-0.2, 0) is 4.79 Å². The molecule has 0 aromatic heterocycles. The first-order valence-corrected chi connectivity index (χ1v) is 10.5. The van der Waals surface area contributed by atoms with Crippen LogP contribution in [0.25, 0.3) is 6.08 Å². The highest BCUT2D eigenvalue weighted by atomic mass is 32.2. The number of nitrogens with one attached hydrogen (secondary N) is 1. The predicted molar refractivity (Wildman–Crippen MR) is 120 cm³/mol. The Kier molecular flexibility index (Phi) is 6.23. The zero-order chi connectivity index (χ0) is 23.6. The number of rotatable bonds is 6. The summed E-state index contributed by atoms with van der Waals surface area (Å²) in [5, 5.41) is 10.8. The van der Waals surface area contributed by atoms with Gasteiger partial charge < -0.3 is 9.47 Å². The van der Waals surface area contributed by atoms with E-state index in [-0.39, 0.29) is 22.5 Å². The highest BCUT2D eigenvalue weighted by Gasteiger charge is 2.46. The van der Waals surface area contributed by atoms with E-state index in [0.29, 0.717) is 29.5 Å². The number of halogens is 3. The second kappa shape index (κ2) is 9.10. The fourth-order valence-electron chi connectivity index (χ4n) is 2.96. The first-order chi connectivity index (χ1) is 15.7. The minimum atomic E-state index is -4.68. The van der Waals surface area contributed by atoms with Crippen LogP contribution in [0.15, 0.2) is 64.2 Å². The van der Waals surface area contributed by atoms with Gasteiger partial charge in [0.05, 0.1) is 5.57 Å². The number of carbonyl (C=O) groups excluding carboxylic acids is 1. The summed E-state index contributed by atoms with van der Waals surface area (Å²) < 4.78 is 50.0. The molecule has 170 valence electrons. The first-order valence-electron chi connectivity index (χ1n) is 9.71. The molecule has 7 nitrogen and oxygen atoms in total. The fraction of sp³-hybridized carbons (Fsp3) is 0.182. The number of para-hydroxylation sites is 1. The Balaban J connectivity index is 1.38. The van der Waals surface area contributed by atoms with Crippen molar-refractivity contribution in [3.63, 3.8) is 0 Å². The van der Waals surface area contributed by atoms with E-state index < -0.39 is 23.0 Å². The summed E-state index contributed by atoms with van der Waals surface area (Å²) in [5.41, 5.74) is 1.42. The first kappa shape index (κ1) is 22.6. The van der Waals surface area contributed by atoms with Crippen molar-refractivity contribution in [3.05, 3.63) is 65.2 Å². The molecular formula is C22H17F3N4O3S. The minimum absolute atomic E-state index is 0.160. The van der Waals surface area contributed by atoms with Gasteiger partial charge in [-0.3, -0.25) is 10.2 Å². The van der Waals surface area contributed by atoms with E-state index in [1.165, 1.54) is 6.08 Å². The Bertz CT molecular complexity index is 1190. The number of amides is 1. The third-order valence-electron chi connectivity index (χ3n) is 4.59. The molecule has 0 atom stereocenters. The Morgan fingerprint density at radius 3 is 2.48 bits per heavy atom. The number of amidine groups is 2. The molecule has 2 aromatic rings. The van der Waals surface area contributed by atoms with Gasteiger partial charge in [0.25, 0.3) is 5.91 Å². The lowest BCUT2D eigenvalue weighted by Crippen LogP contribution is -2.35. The number of hydrogen-bond acceptors (Lipinski definition) is 6. The van der Waals surface area contributed by atoms with Crippen molar-refractivity contribution in [3.8, 4) is 11.5 Å². The number of aryl methyl sites for hydroxylation is 1. The Labute approximate surface area is 191 Å². The summed E-state index contributed by atoms with van der Waals surface area (Å²) >= 11 is 0.213. The molecule has 4 rings (SSSR count). The van der Waals surface area contributed by atoms with Crippen LogP contribution in [0, 0.1) is 12.3 Å². The third kappa shape index (κ3) is 5.08. The number of alkyl halides is 3. The summed E-state index contributed by atoms with van der Waals surface area (Å²) in [4.78, 5) is 15.9. The van der Waals surface area contributed by atoms with Gasteiger partial charge in [-0.15, -0.1) is 0 Å². The maximum absolute atomic E-state index is 12.9. The van der Waals surface area contributed by atoms with E-state index in [1.807, 2.05) is 31.2 Å². The summed E-state index contributed by atoms with van der Waals surface area (Å²) in [5.74, 6) is 0.0966. The number of hydrogen-bond donors (Lipinski definition) is 1. The molecule has 2 aliphatic heterocycles. The van der Waals surface area contributed by atoms with Crippen molar-refractivity contribution < 1.29 is 27.4 Å². The number of aliphatic imine (C=N–C) groups is 1. The molecule has 0 saturated carbocycles. The quantitative estimate of drug-likeness (QED) is 0.487. The maximum atomic E-state index is 12.9. The normalized spacial score (nSPS) is 17.1. The molecule has 0 bridgehead atoms. The van der Waals surface area contributed by atoms with Gasteiger partial charge in [0, 0.05) is 0 Å². The highest BCUT2D eigenvalue weighted by molar-refractivity contribution is 8.27. The van der Waals surface area contributed by atoms with Crippen LogP contribution in [0.2, 0.25) is 0 Å². The van der Waals surface area contributed by atoms with Gasteiger partial charge in [-0.2, -0.15) is 28.3 Å². The summed E-state index contributed by atoms with van der Waals surface area (Å²) in [6.07, 6.45) is -3.31. The van der Waals surface area contributed by atoms with Crippen LogP contribution in [0.3, 0.4) is 0 Å². The number of thioether (sulfide) groups is 1. The molecule has 2 aliphatic rings. The van der Waals surface area contributed by atoms with Crippen LogP contribution in [0.4, 0.5) is 13.2 Å². The Morgan fingerprint density at radius 1 is 1.09 bits per heavy atom. The lowest BCUT2D eigenvalue weighted by molar-refractivity contribution is -0.114. The van der Waals surface area contributed by atoms with Crippen LogP contribution < -0.4 is 9.47 Å². The van der Waals surface area contributed by atoms with Gasteiger partial charge in [-0.1, -0.05) is 30.3 Å².